The number of guanidine groups is 1. The maximum absolute atomic E-state index is 13.5. The summed E-state index contributed by atoms with van der Waals surface area (Å²) in [5.74, 6) is 1.65. The second-order valence-electron chi connectivity index (χ2n) is 7.21. The minimum absolute atomic E-state index is 0. The highest BCUT2D eigenvalue weighted by atomic mass is 127. The van der Waals surface area contributed by atoms with Crippen molar-refractivity contribution in [3.05, 3.63) is 47.6 Å². The number of hydrogen-bond acceptors (Lipinski definition) is 4. The van der Waals surface area contributed by atoms with Crippen LogP contribution in [0.3, 0.4) is 0 Å². The van der Waals surface area contributed by atoms with Gasteiger partial charge in [0.15, 0.2) is 11.7 Å². The third-order valence-corrected chi connectivity index (χ3v) is 4.76. The third-order valence-electron chi connectivity index (χ3n) is 4.76. The van der Waals surface area contributed by atoms with Crippen LogP contribution in [0.5, 0.6) is 0 Å². The zero-order valence-electron chi connectivity index (χ0n) is 16.6. The van der Waals surface area contributed by atoms with Crippen molar-refractivity contribution < 1.29 is 8.91 Å². The number of nitrogens with zero attached hydrogens (tertiary/aromatic N) is 3. The van der Waals surface area contributed by atoms with E-state index in [0.717, 1.165) is 49.0 Å². The molecule has 0 bridgehead atoms. The summed E-state index contributed by atoms with van der Waals surface area (Å²) in [6.07, 6.45) is 2.09. The number of benzene rings is 1. The van der Waals surface area contributed by atoms with Crippen molar-refractivity contribution in [3.8, 4) is 0 Å². The predicted octanol–water partition coefficient (Wildman–Crippen LogP) is 3.89. The molecule has 0 amide bonds. The first-order valence-corrected chi connectivity index (χ1v) is 9.48. The van der Waals surface area contributed by atoms with Crippen LogP contribution >= 0.6 is 24.0 Å². The van der Waals surface area contributed by atoms with Gasteiger partial charge in [-0.1, -0.05) is 25.1 Å². The van der Waals surface area contributed by atoms with Crippen molar-refractivity contribution in [1.29, 1.82) is 0 Å². The molecule has 1 saturated heterocycles. The molecule has 0 saturated carbocycles. The Hall–Kier alpha value is -1.84. The summed E-state index contributed by atoms with van der Waals surface area (Å²) in [7, 11) is 1.75. The molecule has 2 aromatic rings. The summed E-state index contributed by atoms with van der Waals surface area (Å²) in [4.78, 5) is 6.52. The van der Waals surface area contributed by atoms with Crippen LogP contribution in [-0.2, 0) is 6.54 Å². The topological polar surface area (TPSA) is 65.7 Å². The van der Waals surface area contributed by atoms with E-state index in [1.807, 2.05) is 12.1 Å². The Morgan fingerprint density at radius 1 is 1.39 bits per heavy atom. The van der Waals surface area contributed by atoms with Crippen LogP contribution in [0, 0.1) is 5.82 Å². The number of hydrogen-bond donors (Lipinski definition) is 2. The minimum Gasteiger partial charge on any atom is -0.369 e. The van der Waals surface area contributed by atoms with Gasteiger partial charge < -0.3 is 20.1 Å². The molecular weight excluding hydrogens is 472 g/mol. The highest BCUT2D eigenvalue weighted by Gasteiger charge is 2.21. The first kappa shape index (κ1) is 22.4. The van der Waals surface area contributed by atoms with Crippen molar-refractivity contribution in [2.45, 2.75) is 45.2 Å². The lowest BCUT2D eigenvalue weighted by atomic mass is 10.0. The van der Waals surface area contributed by atoms with Crippen LogP contribution in [0.2, 0.25) is 0 Å². The van der Waals surface area contributed by atoms with Crippen molar-refractivity contribution >= 4 is 35.6 Å². The molecule has 6 nitrogen and oxygen atoms in total. The Morgan fingerprint density at radius 3 is 2.89 bits per heavy atom. The standard InChI is InChI=1S/C20H28FN5O.HI/c1-14(2)19-11-18(27-25-19)12-23-20(22-3)24-16-7-5-9-26(13-16)17-8-4-6-15(21)10-17;/h4,6,8,10-11,14,16H,5,7,9,12-13H2,1-3H3,(H2,22,23,24);1H. The largest absolute Gasteiger partial charge is 0.369 e. The molecule has 1 aromatic carbocycles. The van der Waals surface area contributed by atoms with E-state index in [-0.39, 0.29) is 35.8 Å². The van der Waals surface area contributed by atoms with Crippen LogP contribution in [0.1, 0.15) is 44.1 Å². The maximum Gasteiger partial charge on any atom is 0.191 e. The molecule has 1 unspecified atom stereocenters. The lowest BCUT2D eigenvalue weighted by Crippen LogP contribution is -2.51. The highest BCUT2D eigenvalue weighted by molar-refractivity contribution is 14.0. The molecular formula is C20H29FIN5O. The minimum atomic E-state index is -0.201. The van der Waals surface area contributed by atoms with Crippen molar-refractivity contribution in [1.82, 2.24) is 15.8 Å². The molecule has 154 valence electrons. The molecule has 2 N–H and O–H groups in total. The van der Waals surface area contributed by atoms with Gasteiger partial charge in [0.2, 0.25) is 0 Å². The molecule has 1 aliphatic rings. The number of rotatable bonds is 5. The average molecular weight is 501 g/mol. The molecule has 3 rings (SSSR count). The lowest BCUT2D eigenvalue weighted by Gasteiger charge is -2.35. The summed E-state index contributed by atoms with van der Waals surface area (Å²) in [5.41, 5.74) is 1.88. The first-order valence-electron chi connectivity index (χ1n) is 9.48. The van der Waals surface area contributed by atoms with Gasteiger partial charge in [-0.25, -0.2) is 4.39 Å². The van der Waals surface area contributed by atoms with E-state index in [0.29, 0.717) is 12.5 Å². The van der Waals surface area contributed by atoms with Gasteiger partial charge in [-0.15, -0.1) is 24.0 Å². The molecule has 1 atom stereocenters. The Balaban J connectivity index is 0.00000280. The number of piperidine rings is 1. The SMILES string of the molecule is CN=C(NCc1cc(C(C)C)no1)NC1CCCN(c2cccc(F)c2)C1.I. The number of aliphatic imine (C=N–C) groups is 1. The smallest absolute Gasteiger partial charge is 0.191 e. The highest BCUT2D eigenvalue weighted by Crippen LogP contribution is 2.20. The quantitative estimate of drug-likeness (QED) is 0.370. The average Bonchev–Trinajstić information content (AvgIpc) is 3.15. The van der Waals surface area contributed by atoms with Crippen LogP contribution in [0.25, 0.3) is 0 Å². The molecule has 1 aromatic heterocycles. The fourth-order valence-electron chi connectivity index (χ4n) is 3.25. The van der Waals surface area contributed by atoms with E-state index < -0.39 is 0 Å². The van der Waals surface area contributed by atoms with Gasteiger partial charge >= 0.3 is 0 Å². The van der Waals surface area contributed by atoms with Crippen molar-refractivity contribution in [2.24, 2.45) is 4.99 Å². The van der Waals surface area contributed by atoms with Crippen molar-refractivity contribution in [3.63, 3.8) is 0 Å². The number of anilines is 1. The van der Waals surface area contributed by atoms with Gasteiger partial charge in [-0.3, -0.25) is 4.99 Å². The molecule has 0 radical (unpaired) electrons. The fourth-order valence-corrected chi connectivity index (χ4v) is 3.25. The molecule has 28 heavy (non-hydrogen) atoms. The first-order chi connectivity index (χ1) is 13.0. The van der Waals surface area contributed by atoms with Gasteiger partial charge in [0, 0.05) is 37.9 Å². The Morgan fingerprint density at radius 2 is 2.21 bits per heavy atom. The number of nitrogens with one attached hydrogen (secondary N) is 2. The lowest BCUT2D eigenvalue weighted by molar-refractivity contribution is 0.371. The van der Waals surface area contributed by atoms with Gasteiger partial charge in [0.25, 0.3) is 0 Å². The Bertz CT molecular complexity index is 779. The van der Waals surface area contributed by atoms with E-state index in [4.69, 9.17) is 4.52 Å². The van der Waals surface area contributed by atoms with Crippen LogP contribution < -0.4 is 15.5 Å². The fraction of sp³-hybridized carbons (Fsp3) is 0.500. The van der Waals surface area contributed by atoms with Gasteiger partial charge in [0.1, 0.15) is 5.82 Å². The molecule has 1 fully saturated rings. The zero-order valence-corrected chi connectivity index (χ0v) is 18.9. The second-order valence-corrected chi connectivity index (χ2v) is 7.21. The Labute approximate surface area is 183 Å². The molecule has 8 heteroatoms. The van der Waals surface area contributed by atoms with E-state index >= 15 is 0 Å². The number of halogens is 2. The van der Waals surface area contributed by atoms with Crippen LogP contribution in [-0.4, -0.2) is 37.3 Å². The normalized spacial score (nSPS) is 17.4. The summed E-state index contributed by atoms with van der Waals surface area (Å²) < 4.78 is 18.9. The molecule has 0 spiro atoms. The van der Waals surface area contributed by atoms with Gasteiger partial charge in [-0.05, 0) is 37.0 Å². The predicted molar refractivity (Wildman–Crippen MR) is 121 cm³/mol. The zero-order chi connectivity index (χ0) is 19.2. The summed E-state index contributed by atoms with van der Waals surface area (Å²) in [6.45, 7) is 6.44. The van der Waals surface area contributed by atoms with E-state index in [1.165, 1.54) is 6.07 Å². The van der Waals surface area contributed by atoms with Crippen LogP contribution in [0.15, 0.2) is 39.8 Å². The van der Waals surface area contributed by atoms with Crippen molar-refractivity contribution in [2.75, 3.05) is 25.0 Å². The third kappa shape index (κ3) is 6.08. The second kappa shape index (κ2) is 10.6. The molecule has 0 aliphatic carbocycles. The summed E-state index contributed by atoms with van der Waals surface area (Å²) in [5, 5.41) is 10.8. The van der Waals surface area contributed by atoms with E-state index in [1.54, 1.807) is 19.2 Å². The van der Waals surface area contributed by atoms with E-state index in [2.05, 4.69) is 39.5 Å². The maximum atomic E-state index is 13.5. The summed E-state index contributed by atoms with van der Waals surface area (Å²) in [6, 6.07) is 8.99. The Kier molecular flexibility index (Phi) is 8.53. The van der Waals surface area contributed by atoms with Crippen LogP contribution in [0.4, 0.5) is 10.1 Å². The van der Waals surface area contributed by atoms with Gasteiger partial charge in [0.05, 0.1) is 12.2 Å². The summed E-state index contributed by atoms with van der Waals surface area (Å²) >= 11 is 0. The molecule has 1 aliphatic heterocycles. The van der Waals surface area contributed by atoms with Gasteiger partial charge in [-0.2, -0.15) is 0 Å². The van der Waals surface area contributed by atoms with E-state index in [9.17, 15) is 4.39 Å². The monoisotopic (exact) mass is 501 g/mol. The molecule has 2 heterocycles. The number of aromatic nitrogens is 1.